The minimum absolute atomic E-state index is 0.106. The van der Waals surface area contributed by atoms with Crippen LogP contribution in [0.2, 0.25) is 0 Å². The summed E-state index contributed by atoms with van der Waals surface area (Å²) in [7, 11) is 0. The summed E-state index contributed by atoms with van der Waals surface area (Å²) < 4.78 is 0. The van der Waals surface area contributed by atoms with E-state index in [0.29, 0.717) is 12.5 Å². The van der Waals surface area contributed by atoms with E-state index < -0.39 is 0 Å². The normalized spacial score (nSPS) is 15.0. The van der Waals surface area contributed by atoms with E-state index in [1.165, 1.54) is 19.3 Å². The molecule has 0 aromatic rings. The fraction of sp³-hybridized carbons (Fsp3) is 1.00. The van der Waals surface area contributed by atoms with E-state index >= 15 is 0 Å². The van der Waals surface area contributed by atoms with Gasteiger partial charge < -0.3 is 10.2 Å². The molecule has 0 aliphatic heterocycles. The third kappa shape index (κ3) is 8.12. The molecule has 2 nitrogen and oxygen atoms in total. The van der Waals surface area contributed by atoms with Crippen LogP contribution in [-0.4, -0.2) is 22.9 Å². The van der Waals surface area contributed by atoms with E-state index in [2.05, 4.69) is 13.8 Å². The van der Waals surface area contributed by atoms with Crippen molar-refractivity contribution in [3.63, 3.8) is 0 Å². The molecule has 0 amide bonds. The van der Waals surface area contributed by atoms with Gasteiger partial charge in [-0.05, 0) is 25.2 Å². The van der Waals surface area contributed by atoms with E-state index in [-0.39, 0.29) is 6.10 Å². The molecule has 2 atom stereocenters. The number of hydrogen-bond donors (Lipinski definition) is 2. The zero-order valence-corrected chi connectivity index (χ0v) is 11.1. The highest BCUT2D eigenvalue weighted by atomic mass is 16.3. The average Bonchev–Trinajstić information content (AvgIpc) is 2.30. The van der Waals surface area contributed by atoms with E-state index in [9.17, 15) is 5.11 Å². The van der Waals surface area contributed by atoms with Gasteiger partial charge >= 0.3 is 0 Å². The Balaban J connectivity index is 3.54. The van der Waals surface area contributed by atoms with Gasteiger partial charge in [0.25, 0.3) is 0 Å². The Bertz CT molecular complexity index is 137. The highest BCUT2D eigenvalue weighted by Crippen LogP contribution is 2.21. The Labute approximate surface area is 101 Å². The Kier molecular flexibility index (Phi) is 11.3. The van der Waals surface area contributed by atoms with Crippen molar-refractivity contribution >= 4 is 0 Å². The summed E-state index contributed by atoms with van der Waals surface area (Å²) in [4.78, 5) is 0. The smallest absolute Gasteiger partial charge is 0.0568 e. The molecule has 0 bridgehead atoms. The van der Waals surface area contributed by atoms with Crippen LogP contribution in [0.5, 0.6) is 0 Å². The van der Waals surface area contributed by atoms with Crippen LogP contribution in [-0.2, 0) is 0 Å². The van der Waals surface area contributed by atoms with Crippen LogP contribution in [0.4, 0.5) is 0 Å². The molecule has 0 radical (unpaired) electrons. The summed E-state index contributed by atoms with van der Waals surface area (Å²) in [5.41, 5.74) is 0. The van der Waals surface area contributed by atoms with E-state index in [1.54, 1.807) is 0 Å². The third-order valence-corrected chi connectivity index (χ3v) is 3.41. The quantitative estimate of drug-likeness (QED) is 0.533. The summed E-state index contributed by atoms with van der Waals surface area (Å²) in [6.07, 6.45) is 9.80. The van der Waals surface area contributed by atoms with Crippen molar-refractivity contribution in [2.45, 2.75) is 77.7 Å². The molecule has 0 spiro atoms. The first-order valence-corrected chi connectivity index (χ1v) is 7.05. The molecule has 0 saturated heterocycles. The zero-order valence-electron chi connectivity index (χ0n) is 11.1. The summed E-state index contributed by atoms with van der Waals surface area (Å²) in [5.74, 6) is 0.498. The molecule has 2 N–H and O–H groups in total. The SMILES string of the molecule is CCCCC(CC)C(O)CCCCCCO. The molecule has 0 heterocycles. The molecule has 0 rings (SSSR count). The van der Waals surface area contributed by atoms with Gasteiger partial charge in [0.05, 0.1) is 6.10 Å². The predicted octanol–water partition coefficient (Wildman–Crippen LogP) is 3.51. The molecule has 2 unspecified atom stereocenters. The van der Waals surface area contributed by atoms with E-state index in [4.69, 9.17) is 5.11 Å². The maximum absolute atomic E-state index is 10.0. The van der Waals surface area contributed by atoms with Gasteiger partial charge in [-0.2, -0.15) is 0 Å². The van der Waals surface area contributed by atoms with Gasteiger partial charge in [-0.3, -0.25) is 0 Å². The zero-order chi connectivity index (χ0) is 12.2. The first-order chi connectivity index (χ1) is 7.76. The molecule has 0 aromatic heterocycles. The average molecular weight is 230 g/mol. The highest BCUT2D eigenvalue weighted by molar-refractivity contribution is 4.67. The van der Waals surface area contributed by atoms with Crippen molar-refractivity contribution in [1.82, 2.24) is 0 Å². The summed E-state index contributed by atoms with van der Waals surface area (Å²) in [5, 5.41) is 18.7. The molecule has 0 aromatic carbocycles. The van der Waals surface area contributed by atoms with Crippen molar-refractivity contribution in [2.24, 2.45) is 5.92 Å². The van der Waals surface area contributed by atoms with Crippen molar-refractivity contribution in [2.75, 3.05) is 6.61 Å². The minimum Gasteiger partial charge on any atom is -0.396 e. The second-order valence-electron chi connectivity index (χ2n) is 4.80. The van der Waals surface area contributed by atoms with Crippen LogP contribution in [0.1, 0.15) is 71.6 Å². The molecule has 0 aliphatic carbocycles. The monoisotopic (exact) mass is 230 g/mol. The van der Waals surface area contributed by atoms with Crippen molar-refractivity contribution < 1.29 is 10.2 Å². The Morgan fingerprint density at radius 3 is 2.12 bits per heavy atom. The van der Waals surface area contributed by atoms with Crippen LogP contribution in [0.25, 0.3) is 0 Å². The lowest BCUT2D eigenvalue weighted by molar-refractivity contribution is 0.0874. The largest absolute Gasteiger partial charge is 0.396 e. The van der Waals surface area contributed by atoms with Gasteiger partial charge in [-0.1, -0.05) is 52.4 Å². The molecule has 2 heteroatoms. The molecule has 16 heavy (non-hydrogen) atoms. The molecule has 0 fully saturated rings. The second kappa shape index (κ2) is 11.4. The minimum atomic E-state index is -0.106. The van der Waals surface area contributed by atoms with Crippen LogP contribution in [0.3, 0.4) is 0 Å². The van der Waals surface area contributed by atoms with Gasteiger partial charge in [0.1, 0.15) is 0 Å². The number of unbranched alkanes of at least 4 members (excludes halogenated alkanes) is 4. The summed E-state index contributed by atoms with van der Waals surface area (Å²) in [6.45, 7) is 4.68. The summed E-state index contributed by atoms with van der Waals surface area (Å²) in [6, 6.07) is 0. The first-order valence-electron chi connectivity index (χ1n) is 7.05. The lowest BCUT2D eigenvalue weighted by Gasteiger charge is -2.21. The Hall–Kier alpha value is -0.0800. The predicted molar refractivity (Wildman–Crippen MR) is 69.5 cm³/mol. The Morgan fingerprint density at radius 2 is 1.56 bits per heavy atom. The number of hydrogen-bond acceptors (Lipinski definition) is 2. The second-order valence-corrected chi connectivity index (χ2v) is 4.80. The standard InChI is InChI=1S/C14H30O2/c1-3-5-10-13(4-2)14(16)11-8-6-7-9-12-15/h13-16H,3-12H2,1-2H3. The van der Waals surface area contributed by atoms with E-state index in [0.717, 1.165) is 38.5 Å². The topological polar surface area (TPSA) is 40.5 Å². The highest BCUT2D eigenvalue weighted by Gasteiger charge is 2.15. The lowest BCUT2D eigenvalue weighted by Crippen LogP contribution is -2.19. The molecule has 0 saturated carbocycles. The maximum Gasteiger partial charge on any atom is 0.0568 e. The van der Waals surface area contributed by atoms with Gasteiger partial charge in [0.15, 0.2) is 0 Å². The van der Waals surface area contributed by atoms with Gasteiger partial charge in [0, 0.05) is 6.61 Å². The molecule has 98 valence electrons. The molecular weight excluding hydrogens is 200 g/mol. The van der Waals surface area contributed by atoms with Crippen LogP contribution in [0, 0.1) is 5.92 Å². The van der Waals surface area contributed by atoms with Gasteiger partial charge in [0.2, 0.25) is 0 Å². The van der Waals surface area contributed by atoms with Crippen molar-refractivity contribution in [3.05, 3.63) is 0 Å². The molecular formula is C14H30O2. The first kappa shape index (κ1) is 15.9. The maximum atomic E-state index is 10.0. The Morgan fingerprint density at radius 1 is 0.875 bits per heavy atom. The van der Waals surface area contributed by atoms with Gasteiger partial charge in [-0.25, -0.2) is 0 Å². The van der Waals surface area contributed by atoms with Crippen LogP contribution >= 0.6 is 0 Å². The summed E-state index contributed by atoms with van der Waals surface area (Å²) >= 11 is 0. The van der Waals surface area contributed by atoms with Crippen LogP contribution in [0.15, 0.2) is 0 Å². The number of rotatable bonds is 11. The third-order valence-electron chi connectivity index (χ3n) is 3.41. The van der Waals surface area contributed by atoms with Crippen LogP contribution < -0.4 is 0 Å². The van der Waals surface area contributed by atoms with E-state index in [1.807, 2.05) is 0 Å². The molecule has 0 aliphatic rings. The fourth-order valence-corrected chi connectivity index (χ4v) is 2.19. The number of aliphatic hydroxyl groups is 2. The fourth-order valence-electron chi connectivity index (χ4n) is 2.19. The van der Waals surface area contributed by atoms with Crippen molar-refractivity contribution in [1.29, 1.82) is 0 Å². The lowest BCUT2D eigenvalue weighted by atomic mass is 9.90. The van der Waals surface area contributed by atoms with Crippen molar-refractivity contribution in [3.8, 4) is 0 Å². The van der Waals surface area contributed by atoms with Gasteiger partial charge in [-0.15, -0.1) is 0 Å². The number of aliphatic hydroxyl groups excluding tert-OH is 2.